The average molecular weight is 628 g/mol. The number of amides is 4. The number of halogens is 2. The summed E-state index contributed by atoms with van der Waals surface area (Å²) < 4.78 is 24.9. The highest BCUT2D eigenvalue weighted by Gasteiger charge is 2.37. The van der Waals surface area contributed by atoms with Crippen LogP contribution in [0.5, 0.6) is 5.75 Å². The van der Waals surface area contributed by atoms with Gasteiger partial charge >= 0.3 is 12.0 Å². The minimum atomic E-state index is -0.904. The first-order chi connectivity index (χ1) is 18.2. The van der Waals surface area contributed by atoms with Crippen LogP contribution in [0.2, 0.25) is 0 Å². The van der Waals surface area contributed by atoms with Crippen molar-refractivity contribution in [2.45, 2.75) is 13.3 Å². The van der Waals surface area contributed by atoms with Crippen LogP contribution in [-0.4, -0.2) is 37.5 Å². The van der Waals surface area contributed by atoms with Gasteiger partial charge < -0.3 is 9.47 Å². The van der Waals surface area contributed by atoms with E-state index in [1.165, 1.54) is 49.6 Å². The van der Waals surface area contributed by atoms with Crippen molar-refractivity contribution in [2.75, 3.05) is 18.6 Å². The van der Waals surface area contributed by atoms with Crippen LogP contribution < -0.4 is 15.0 Å². The Hall–Kier alpha value is -4.06. The zero-order valence-corrected chi connectivity index (χ0v) is 22.6. The molecule has 0 saturated carbocycles. The molecule has 0 atom stereocenters. The highest BCUT2D eigenvalue weighted by Crippen LogP contribution is 2.31. The van der Waals surface area contributed by atoms with E-state index in [4.69, 9.17) is 9.47 Å². The molecule has 10 heteroatoms. The molecule has 1 heterocycles. The number of rotatable bonds is 7. The summed E-state index contributed by atoms with van der Waals surface area (Å²) in [6, 6.07) is 14.5. The van der Waals surface area contributed by atoms with E-state index in [0.717, 1.165) is 19.6 Å². The van der Waals surface area contributed by atoms with Crippen LogP contribution >= 0.6 is 22.6 Å². The third-order valence-corrected chi connectivity index (χ3v) is 6.68. The van der Waals surface area contributed by atoms with Crippen LogP contribution in [0.4, 0.5) is 14.9 Å². The van der Waals surface area contributed by atoms with Gasteiger partial charge in [-0.2, -0.15) is 0 Å². The standard InChI is InChI=1S/C28H22FIN2O6/c1-3-38-27(35)18-7-9-20(10-8-18)32-26(34)22(25(33)31-28(32)36)13-17-14-23(30)21(24(15-17)37-2)12-16-5-4-6-19(29)11-16/h4-11,13-15H,3,12H2,1-2H3,(H,31,33,36)/b22-13+. The van der Waals surface area contributed by atoms with E-state index in [-0.39, 0.29) is 29.2 Å². The summed E-state index contributed by atoms with van der Waals surface area (Å²) in [4.78, 5) is 51.2. The predicted octanol–water partition coefficient (Wildman–Crippen LogP) is 4.87. The monoisotopic (exact) mass is 628 g/mol. The Morgan fingerprint density at radius 3 is 2.47 bits per heavy atom. The average Bonchev–Trinajstić information content (AvgIpc) is 2.88. The molecule has 0 spiro atoms. The van der Waals surface area contributed by atoms with Crippen molar-refractivity contribution >= 4 is 58.2 Å². The van der Waals surface area contributed by atoms with Crippen molar-refractivity contribution in [2.24, 2.45) is 0 Å². The molecule has 0 aromatic heterocycles. The first-order valence-electron chi connectivity index (χ1n) is 11.5. The number of benzene rings is 3. The van der Waals surface area contributed by atoms with E-state index in [1.807, 2.05) is 6.07 Å². The molecule has 1 aliphatic heterocycles. The van der Waals surface area contributed by atoms with Crippen molar-refractivity contribution in [1.82, 2.24) is 5.32 Å². The molecule has 4 amide bonds. The summed E-state index contributed by atoms with van der Waals surface area (Å²) in [6.45, 7) is 1.89. The Labute approximate surface area is 231 Å². The number of imide groups is 2. The fourth-order valence-corrected chi connectivity index (χ4v) is 4.76. The third kappa shape index (κ3) is 5.75. The summed E-state index contributed by atoms with van der Waals surface area (Å²) in [7, 11) is 1.50. The van der Waals surface area contributed by atoms with Crippen molar-refractivity contribution in [3.63, 3.8) is 0 Å². The van der Waals surface area contributed by atoms with Gasteiger partial charge in [0.25, 0.3) is 11.8 Å². The van der Waals surface area contributed by atoms with Gasteiger partial charge in [0.1, 0.15) is 17.1 Å². The largest absolute Gasteiger partial charge is 0.496 e. The Kier molecular flexibility index (Phi) is 8.20. The molecule has 1 fully saturated rings. The van der Waals surface area contributed by atoms with Crippen LogP contribution in [0.25, 0.3) is 6.08 Å². The first kappa shape index (κ1) is 27.0. The van der Waals surface area contributed by atoms with Crippen LogP contribution in [0.1, 0.15) is 34.0 Å². The highest BCUT2D eigenvalue weighted by molar-refractivity contribution is 14.1. The lowest BCUT2D eigenvalue weighted by Gasteiger charge is -2.26. The normalized spacial score (nSPS) is 14.5. The van der Waals surface area contributed by atoms with Gasteiger partial charge in [0.2, 0.25) is 0 Å². The summed E-state index contributed by atoms with van der Waals surface area (Å²) in [5.74, 6) is -2.03. The molecule has 1 saturated heterocycles. The molecule has 4 rings (SSSR count). The van der Waals surface area contributed by atoms with E-state index >= 15 is 0 Å². The second-order valence-electron chi connectivity index (χ2n) is 8.22. The number of anilines is 1. The van der Waals surface area contributed by atoms with E-state index in [2.05, 4.69) is 27.9 Å². The number of barbiturate groups is 1. The maximum atomic E-state index is 13.7. The molecule has 0 aliphatic carbocycles. The Morgan fingerprint density at radius 2 is 1.82 bits per heavy atom. The number of nitrogens with one attached hydrogen (secondary N) is 1. The molecule has 194 valence electrons. The van der Waals surface area contributed by atoms with Gasteiger partial charge in [-0.3, -0.25) is 14.9 Å². The van der Waals surface area contributed by atoms with Gasteiger partial charge in [-0.25, -0.2) is 18.9 Å². The number of methoxy groups -OCH3 is 1. The summed E-state index contributed by atoms with van der Waals surface area (Å²) in [5.41, 5.74) is 2.26. The van der Waals surface area contributed by atoms with Gasteiger partial charge in [0, 0.05) is 15.6 Å². The highest BCUT2D eigenvalue weighted by atomic mass is 127. The lowest BCUT2D eigenvalue weighted by Crippen LogP contribution is -2.54. The van der Waals surface area contributed by atoms with Crippen LogP contribution in [0.15, 0.2) is 66.2 Å². The number of carbonyl (C=O) groups is 4. The van der Waals surface area contributed by atoms with Gasteiger partial charge in [0.05, 0.1) is 25.0 Å². The number of hydrogen-bond acceptors (Lipinski definition) is 6. The third-order valence-electron chi connectivity index (χ3n) is 5.72. The smallest absolute Gasteiger partial charge is 0.338 e. The Bertz CT molecular complexity index is 1470. The van der Waals surface area contributed by atoms with E-state index in [1.54, 1.807) is 25.1 Å². The lowest BCUT2D eigenvalue weighted by molar-refractivity contribution is -0.122. The Morgan fingerprint density at radius 1 is 1.08 bits per heavy atom. The maximum Gasteiger partial charge on any atom is 0.338 e. The molecule has 3 aromatic rings. The number of nitrogens with zero attached hydrogens (tertiary/aromatic N) is 1. The fraction of sp³-hybridized carbons (Fsp3) is 0.143. The van der Waals surface area contributed by atoms with Gasteiger partial charge in [-0.15, -0.1) is 0 Å². The second kappa shape index (κ2) is 11.5. The van der Waals surface area contributed by atoms with E-state index in [0.29, 0.717) is 17.7 Å². The van der Waals surface area contributed by atoms with Crippen molar-refractivity contribution in [3.8, 4) is 5.75 Å². The number of hydrogen-bond donors (Lipinski definition) is 1. The Balaban J connectivity index is 1.65. The minimum absolute atomic E-state index is 0.177. The maximum absolute atomic E-state index is 13.7. The molecule has 8 nitrogen and oxygen atoms in total. The molecule has 0 bridgehead atoms. The lowest BCUT2D eigenvalue weighted by atomic mass is 10.0. The van der Waals surface area contributed by atoms with Crippen LogP contribution in [0, 0.1) is 9.39 Å². The molecule has 1 N–H and O–H groups in total. The first-order valence-corrected chi connectivity index (χ1v) is 12.6. The van der Waals surface area contributed by atoms with Crippen molar-refractivity contribution < 1.29 is 33.0 Å². The number of urea groups is 1. The van der Waals surface area contributed by atoms with Crippen LogP contribution in [0.3, 0.4) is 0 Å². The SMILES string of the molecule is CCOC(=O)c1ccc(N2C(=O)NC(=O)/C(=C\c3cc(I)c(Cc4cccc(F)c4)c(OC)c3)C2=O)cc1. The van der Waals surface area contributed by atoms with Crippen molar-refractivity contribution in [1.29, 1.82) is 0 Å². The fourth-order valence-electron chi connectivity index (χ4n) is 3.94. The molecular formula is C28H22FIN2O6. The molecule has 0 radical (unpaired) electrons. The zero-order valence-electron chi connectivity index (χ0n) is 20.4. The molecular weight excluding hydrogens is 606 g/mol. The summed E-state index contributed by atoms with van der Waals surface area (Å²) in [5, 5.41) is 2.18. The number of carbonyl (C=O) groups excluding carboxylic acids is 4. The predicted molar refractivity (Wildman–Crippen MR) is 146 cm³/mol. The number of ether oxygens (including phenoxy) is 2. The van der Waals surface area contributed by atoms with E-state index in [9.17, 15) is 23.6 Å². The molecule has 38 heavy (non-hydrogen) atoms. The zero-order chi connectivity index (χ0) is 27.4. The van der Waals surface area contributed by atoms with Gasteiger partial charge in [-0.1, -0.05) is 12.1 Å². The second-order valence-corrected chi connectivity index (χ2v) is 9.38. The van der Waals surface area contributed by atoms with Gasteiger partial charge in [0.15, 0.2) is 0 Å². The quantitative estimate of drug-likeness (QED) is 0.174. The van der Waals surface area contributed by atoms with E-state index < -0.39 is 23.8 Å². The number of esters is 1. The van der Waals surface area contributed by atoms with Gasteiger partial charge in [-0.05, 0) is 95.2 Å². The minimum Gasteiger partial charge on any atom is -0.496 e. The summed E-state index contributed by atoms with van der Waals surface area (Å²) in [6.07, 6.45) is 1.79. The molecule has 1 aliphatic rings. The summed E-state index contributed by atoms with van der Waals surface area (Å²) >= 11 is 2.12. The molecule has 0 unspecified atom stereocenters. The molecule has 3 aromatic carbocycles. The topological polar surface area (TPSA) is 102 Å². The van der Waals surface area contributed by atoms with Crippen LogP contribution in [-0.2, 0) is 20.7 Å². The van der Waals surface area contributed by atoms with Crippen molar-refractivity contribution in [3.05, 3.63) is 97.9 Å².